The van der Waals surface area contributed by atoms with E-state index in [9.17, 15) is 20.0 Å². The molecule has 0 aromatic heterocycles. The molecule has 3 aromatic rings. The van der Waals surface area contributed by atoms with Crippen molar-refractivity contribution in [3.05, 3.63) is 97.5 Å². The average Bonchev–Trinajstić information content (AvgIpc) is 2.77. The lowest BCUT2D eigenvalue weighted by molar-refractivity contribution is -0.384. The Hall–Kier alpha value is -3.09. The molecule has 3 aromatic carbocycles. The fourth-order valence-corrected chi connectivity index (χ4v) is 3.69. The third-order valence-corrected chi connectivity index (χ3v) is 5.83. The first-order chi connectivity index (χ1) is 15.3. The zero-order valence-corrected chi connectivity index (χ0v) is 18.7. The summed E-state index contributed by atoms with van der Waals surface area (Å²) in [7, 11) is 0. The van der Waals surface area contributed by atoms with Gasteiger partial charge in [0.05, 0.1) is 26.2 Å². The monoisotopic (exact) mass is 472 g/mol. The van der Waals surface area contributed by atoms with Crippen LogP contribution in [0.5, 0.6) is 0 Å². The van der Waals surface area contributed by atoms with Gasteiger partial charge in [-0.3, -0.25) is 10.1 Å². The molecule has 0 aliphatic rings. The van der Waals surface area contributed by atoms with Gasteiger partial charge in [-0.15, -0.1) is 0 Å². The number of nitrogens with zero attached hydrogens (tertiary/aromatic N) is 1. The van der Waals surface area contributed by atoms with Gasteiger partial charge in [-0.25, -0.2) is 4.79 Å². The maximum atomic E-state index is 11.5. The number of carbonyl (C=O) groups is 1. The second-order valence-corrected chi connectivity index (χ2v) is 8.24. The number of unbranched alkanes of at least 4 members (excludes halogenated alkanes) is 2. The van der Waals surface area contributed by atoms with Crippen molar-refractivity contribution < 1.29 is 14.8 Å². The maximum Gasteiger partial charge on any atom is 0.338 e. The van der Waals surface area contributed by atoms with E-state index in [1.807, 2.05) is 42.5 Å². The number of hydrogen-bond donors (Lipinski definition) is 2. The summed E-state index contributed by atoms with van der Waals surface area (Å²) in [6.07, 6.45) is 5.11. The number of nitrogens with one attached hydrogen (secondary N) is 1. The third-order valence-electron chi connectivity index (χ3n) is 5.09. The molecule has 0 aliphatic heterocycles. The summed E-state index contributed by atoms with van der Waals surface area (Å²) in [4.78, 5) is 21.7. The van der Waals surface area contributed by atoms with Gasteiger partial charge < -0.3 is 10.4 Å². The van der Waals surface area contributed by atoms with E-state index < -0.39 is 10.9 Å². The quantitative estimate of drug-likeness (QED) is 0.183. The van der Waals surface area contributed by atoms with E-state index in [0.717, 1.165) is 38.2 Å². The fraction of sp³-hybridized carbons (Fsp3) is 0.208. The highest BCUT2D eigenvalue weighted by molar-refractivity contribution is 6.42. The summed E-state index contributed by atoms with van der Waals surface area (Å²) in [5, 5.41) is 24.4. The summed E-state index contributed by atoms with van der Waals surface area (Å²) < 4.78 is 0. The molecule has 2 N–H and O–H groups in total. The van der Waals surface area contributed by atoms with E-state index >= 15 is 0 Å². The molecule has 32 heavy (non-hydrogen) atoms. The van der Waals surface area contributed by atoms with Crippen LogP contribution in [0.25, 0.3) is 0 Å². The van der Waals surface area contributed by atoms with Crippen LogP contribution in [0.3, 0.4) is 0 Å². The van der Waals surface area contributed by atoms with Gasteiger partial charge in [0.2, 0.25) is 0 Å². The summed E-state index contributed by atoms with van der Waals surface area (Å²) in [5.74, 6) is -1.23. The lowest BCUT2D eigenvalue weighted by Gasteiger charge is -2.10. The van der Waals surface area contributed by atoms with E-state index in [-0.39, 0.29) is 11.3 Å². The number of anilines is 2. The van der Waals surface area contributed by atoms with Gasteiger partial charge in [0.25, 0.3) is 5.69 Å². The van der Waals surface area contributed by atoms with Crippen LogP contribution in [-0.2, 0) is 12.8 Å². The van der Waals surface area contributed by atoms with Gasteiger partial charge in [0.1, 0.15) is 0 Å². The zero-order valence-electron chi connectivity index (χ0n) is 17.2. The van der Waals surface area contributed by atoms with Crippen LogP contribution in [0.1, 0.15) is 40.7 Å². The first-order valence-corrected chi connectivity index (χ1v) is 10.9. The molecule has 0 amide bonds. The second-order valence-electron chi connectivity index (χ2n) is 7.42. The Balaban J connectivity index is 1.50. The molecule has 0 spiro atoms. The van der Waals surface area contributed by atoms with E-state index in [2.05, 4.69) is 5.32 Å². The number of carboxylic acid groups (broad SMARTS) is 1. The number of hydrogen-bond acceptors (Lipinski definition) is 4. The highest BCUT2D eigenvalue weighted by atomic mass is 35.5. The third kappa shape index (κ3) is 6.45. The maximum absolute atomic E-state index is 11.5. The lowest BCUT2D eigenvalue weighted by Crippen LogP contribution is -2.04. The molecule has 0 atom stereocenters. The van der Waals surface area contributed by atoms with Gasteiger partial charge in [-0.1, -0.05) is 47.8 Å². The molecule has 0 saturated carbocycles. The standard InChI is InChI=1S/C24H22Cl2N2O4/c25-21-12-8-17(14-22(21)26)5-3-1-2-4-16-6-9-18(10-7-16)27-23-13-11-19(28(31)32)15-20(23)24(29)30/h6-15,27H,1-5H2,(H,29,30). The number of nitro groups is 1. The summed E-state index contributed by atoms with van der Waals surface area (Å²) in [5.41, 5.74) is 2.98. The summed E-state index contributed by atoms with van der Waals surface area (Å²) >= 11 is 12.0. The Labute approximate surface area is 196 Å². The van der Waals surface area contributed by atoms with Crippen molar-refractivity contribution in [2.24, 2.45) is 0 Å². The molecule has 0 bridgehead atoms. The van der Waals surface area contributed by atoms with Crippen molar-refractivity contribution in [1.29, 1.82) is 0 Å². The molecular formula is C24H22Cl2N2O4. The molecular weight excluding hydrogens is 451 g/mol. The Morgan fingerprint density at radius 3 is 2.16 bits per heavy atom. The second kappa shape index (κ2) is 11.0. The number of aromatic carboxylic acids is 1. The number of halogens is 2. The van der Waals surface area contributed by atoms with E-state index in [1.165, 1.54) is 23.3 Å². The van der Waals surface area contributed by atoms with Gasteiger partial charge in [-0.2, -0.15) is 0 Å². The predicted octanol–water partition coefficient (Wildman–Crippen LogP) is 7.30. The minimum atomic E-state index is -1.23. The van der Waals surface area contributed by atoms with E-state index in [0.29, 0.717) is 21.4 Å². The Bertz CT molecular complexity index is 1120. The molecule has 0 unspecified atom stereocenters. The highest BCUT2D eigenvalue weighted by Gasteiger charge is 2.16. The van der Waals surface area contributed by atoms with Crippen LogP contribution in [0.15, 0.2) is 60.7 Å². The molecule has 0 heterocycles. The molecule has 8 heteroatoms. The van der Waals surface area contributed by atoms with Crippen molar-refractivity contribution in [2.45, 2.75) is 32.1 Å². The summed E-state index contributed by atoms with van der Waals surface area (Å²) in [6.45, 7) is 0. The van der Waals surface area contributed by atoms with Crippen molar-refractivity contribution in [3.63, 3.8) is 0 Å². The smallest absolute Gasteiger partial charge is 0.338 e. The topological polar surface area (TPSA) is 92.5 Å². The van der Waals surface area contributed by atoms with Crippen LogP contribution in [0, 0.1) is 10.1 Å². The predicted molar refractivity (Wildman–Crippen MR) is 128 cm³/mol. The normalized spacial score (nSPS) is 10.7. The SMILES string of the molecule is O=C(O)c1cc([N+](=O)[O-])ccc1Nc1ccc(CCCCCc2ccc(Cl)c(Cl)c2)cc1. The van der Waals surface area contributed by atoms with Crippen molar-refractivity contribution in [1.82, 2.24) is 0 Å². The molecule has 0 saturated heterocycles. The minimum absolute atomic E-state index is 0.148. The largest absolute Gasteiger partial charge is 0.478 e. The number of rotatable bonds is 10. The molecule has 0 aliphatic carbocycles. The number of carboxylic acids is 1. The Kier molecular flexibility index (Phi) is 8.09. The van der Waals surface area contributed by atoms with Crippen LogP contribution in [0.4, 0.5) is 17.1 Å². The Morgan fingerprint density at radius 2 is 1.53 bits per heavy atom. The molecule has 166 valence electrons. The van der Waals surface area contributed by atoms with Crippen molar-refractivity contribution in [2.75, 3.05) is 5.32 Å². The zero-order chi connectivity index (χ0) is 23.1. The molecule has 0 radical (unpaired) electrons. The van der Waals surface area contributed by atoms with Crippen LogP contribution in [-0.4, -0.2) is 16.0 Å². The highest BCUT2D eigenvalue weighted by Crippen LogP contribution is 2.26. The van der Waals surface area contributed by atoms with E-state index in [4.69, 9.17) is 23.2 Å². The van der Waals surface area contributed by atoms with Crippen LogP contribution in [0.2, 0.25) is 10.0 Å². The van der Waals surface area contributed by atoms with Gasteiger partial charge >= 0.3 is 5.97 Å². The molecule has 0 fully saturated rings. The van der Waals surface area contributed by atoms with Gasteiger partial charge in [0, 0.05) is 17.8 Å². The molecule has 3 rings (SSSR count). The van der Waals surface area contributed by atoms with Gasteiger partial charge in [0.15, 0.2) is 0 Å². The number of aryl methyl sites for hydroxylation is 2. The van der Waals surface area contributed by atoms with E-state index in [1.54, 1.807) is 0 Å². The Morgan fingerprint density at radius 1 is 0.875 bits per heavy atom. The number of non-ortho nitro benzene ring substituents is 1. The van der Waals surface area contributed by atoms with Crippen LogP contribution >= 0.6 is 23.2 Å². The fourth-order valence-electron chi connectivity index (χ4n) is 3.37. The average molecular weight is 473 g/mol. The summed E-state index contributed by atoms with van der Waals surface area (Å²) in [6, 6.07) is 17.2. The number of nitro benzene ring substituents is 1. The molecule has 6 nitrogen and oxygen atoms in total. The first kappa shape index (κ1) is 23.6. The minimum Gasteiger partial charge on any atom is -0.478 e. The van der Waals surface area contributed by atoms with Crippen LogP contribution < -0.4 is 5.32 Å². The van der Waals surface area contributed by atoms with Crippen molar-refractivity contribution in [3.8, 4) is 0 Å². The first-order valence-electron chi connectivity index (χ1n) is 10.1. The van der Waals surface area contributed by atoms with Gasteiger partial charge in [-0.05, 0) is 67.1 Å². The lowest BCUT2D eigenvalue weighted by atomic mass is 10.0. The van der Waals surface area contributed by atoms with Crippen molar-refractivity contribution >= 4 is 46.2 Å². The number of benzene rings is 3.